The molecule has 1 N–H and O–H groups in total. The van der Waals surface area contributed by atoms with Crippen LogP contribution in [0.25, 0.3) is 0 Å². The highest BCUT2D eigenvalue weighted by Gasteiger charge is 2.45. The lowest BCUT2D eigenvalue weighted by Crippen LogP contribution is -2.34. The van der Waals surface area contributed by atoms with Gasteiger partial charge in [-0.15, -0.1) is 0 Å². The van der Waals surface area contributed by atoms with Gasteiger partial charge in [0.15, 0.2) is 0 Å². The van der Waals surface area contributed by atoms with Crippen LogP contribution in [0.3, 0.4) is 0 Å². The van der Waals surface area contributed by atoms with Crippen molar-refractivity contribution in [1.29, 1.82) is 0 Å². The maximum Gasteiger partial charge on any atom is 0.0431 e. The fourth-order valence-electron chi connectivity index (χ4n) is 4.53. The van der Waals surface area contributed by atoms with Gasteiger partial charge in [0.25, 0.3) is 0 Å². The minimum absolute atomic E-state index is 0.262. The molecule has 20 heavy (non-hydrogen) atoms. The summed E-state index contributed by atoms with van der Waals surface area (Å²) in [5, 5.41) is 9.29. The molecule has 0 aromatic heterocycles. The molecule has 3 aliphatic rings. The minimum Gasteiger partial charge on any atom is -0.396 e. The Morgan fingerprint density at radius 3 is 2.75 bits per heavy atom. The lowest BCUT2D eigenvalue weighted by molar-refractivity contribution is 0.140. The first-order chi connectivity index (χ1) is 9.75. The summed E-state index contributed by atoms with van der Waals surface area (Å²) >= 11 is 0. The Morgan fingerprint density at radius 2 is 2.00 bits per heavy atom. The highest BCUT2D eigenvalue weighted by atomic mass is 16.2. The SMILES string of the molecule is CC(CCCO)(C1C=CC=C1)C1CCC2CC=CC=C21. The van der Waals surface area contributed by atoms with E-state index in [2.05, 4.69) is 49.5 Å². The summed E-state index contributed by atoms with van der Waals surface area (Å²) in [5.74, 6) is 2.00. The van der Waals surface area contributed by atoms with Crippen molar-refractivity contribution in [3.63, 3.8) is 0 Å². The standard InChI is InChI=1S/C19H26O/c1-19(13-6-14-20,16-8-3-4-9-16)18-12-11-15-7-2-5-10-17(15)18/h2-5,8-10,15-16,18,20H,6-7,11-14H2,1H3. The zero-order chi connectivity index (χ0) is 14.0. The van der Waals surface area contributed by atoms with Crippen molar-refractivity contribution in [2.24, 2.45) is 23.2 Å². The van der Waals surface area contributed by atoms with Crippen LogP contribution >= 0.6 is 0 Å². The monoisotopic (exact) mass is 270 g/mol. The summed E-state index contributed by atoms with van der Waals surface area (Å²) < 4.78 is 0. The van der Waals surface area contributed by atoms with Gasteiger partial charge >= 0.3 is 0 Å². The Hall–Kier alpha value is -1.08. The van der Waals surface area contributed by atoms with Gasteiger partial charge in [0.05, 0.1) is 0 Å². The van der Waals surface area contributed by atoms with Crippen LogP contribution in [0.15, 0.2) is 48.1 Å². The van der Waals surface area contributed by atoms with Gasteiger partial charge in [-0.2, -0.15) is 0 Å². The molecule has 1 saturated carbocycles. The van der Waals surface area contributed by atoms with Gasteiger partial charge in [-0.3, -0.25) is 0 Å². The van der Waals surface area contributed by atoms with E-state index in [4.69, 9.17) is 0 Å². The van der Waals surface area contributed by atoms with E-state index < -0.39 is 0 Å². The van der Waals surface area contributed by atoms with Crippen LogP contribution in [0.2, 0.25) is 0 Å². The summed E-state index contributed by atoms with van der Waals surface area (Å²) in [6, 6.07) is 0. The number of aliphatic hydroxyl groups is 1. The molecule has 3 atom stereocenters. The van der Waals surface area contributed by atoms with Gasteiger partial charge in [0.1, 0.15) is 0 Å². The number of fused-ring (bicyclic) bond motifs is 1. The van der Waals surface area contributed by atoms with Crippen molar-refractivity contribution >= 4 is 0 Å². The van der Waals surface area contributed by atoms with Crippen molar-refractivity contribution in [2.75, 3.05) is 6.61 Å². The number of hydrogen-bond donors (Lipinski definition) is 1. The highest BCUT2D eigenvalue weighted by molar-refractivity contribution is 5.31. The second-order valence-corrected chi connectivity index (χ2v) is 6.79. The molecule has 0 heterocycles. The minimum atomic E-state index is 0.262. The Kier molecular flexibility index (Phi) is 3.98. The molecule has 3 aliphatic carbocycles. The third-order valence-electron chi connectivity index (χ3n) is 5.70. The predicted octanol–water partition coefficient (Wildman–Crippen LogP) is 4.42. The molecule has 0 aromatic rings. The molecule has 1 nitrogen and oxygen atoms in total. The van der Waals surface area contributed by atoms with Crippen molar-refractivity contribution in [2.45, 2.75) is 39.0 Å². The van der Waals surface area contributed by atoms with Crippen LogP contribution in [0.1, 0.15) is 39.0 Å². The molecule has 1 fully saturated rings. The molecule has 108 valence electrons. The Bertz CT molecular complexity index is 456. The lowest BCUT2D eigenvalue weighted by atomic mass is 9.63. The van der Waals surface area contributed by atoms with Crippen LogP contribution in [0, 0.1) is 23.2 Å². The average molecular weight is 270 g/mol. The van der Waals surface area contributed by atoms with Gasteiger partial charge in [-0.05, 0) is 49.4 Å². The van der Waals surface area contributed by atoms with Gasteiger partial charge in [-0.25, -0.2) is 0 Å². The number of allylic oxidation sites excluding steroid dienone is 8. The molecular weight excluding hydrogens is 244 g/mol. The molecular formula is C19H26O. The maximum atomic E-state index is 9.29. The quantitative estimate of drug-likeness (QED) is 0.784. The van der Waals surface area contributed by atoms with Crippen LogP contribution in [0.4, 0.5) is 0 Å². The van der Waals surface area contributed by atoms with Crippen LogP contribution in [-0.4, -0.2) is 11.7 Å². The Labute approximate surface area is 122 Å². The highest BCUT2D eigenvalue weighted by Crippen LogP contribution is 2.54. The second-order valence-electron chi connectivity index (χ2n) is 6.79. The molecule has 0 bridgehead atoms. The molecule has 0 spiro atoms. The lowest BCUT2D eigenvalue weighted by Gasteiger charge is -2.41. The first-order valence-electron chi connectivity index (χ1n) is 8.08. The number of rotatable bonds is 5. The van der Waals surface area contributed by atoms with Crippen molar-refractivity contribution in [3.05, 3.63) is 48.1 Å². The molecule has 1 heteroatoms. The van der Waals surface area contributed by atoms with E-state index in [1.807, 2.05) is 0 Å². The molecule has 0 aliphatic heterocycles. The average Bonchev–Trinajstić information content (AvgIpc) is 3.14. The molecule has 0 aromatic carbocycles. The van der Waals surface area contributed by atoms with Gasteiger partial charge < -0.3 is 5.11 Å². The molecule has 0 saturated heterocycles. The molecule has 0 amide bonds. The summed E-state index contributed by atoms with van der Waals surface area (Å²) in [5.41, 5.74) is 1.94. The fraction of sp³-hybridized carbons (Fsp3) is 0.579. The van der Waals surface area contributed by atoms with Gasteiger partial charge in [0, 0.05) is 12.5 Å². The first-order valence-corrected chi connectivity index (χ1v) is 8.08. The van der Waals surface area contributed by atoms with E-state index in [1.165, 1.54) is 19.3 Å². The second kappa shape index (κ2) is 5.73. The largest absolute Gasteiger partial charge is 0.396 e. The fourth-order valence-corrected chi connectivity index (χ4v) is 4.53. The summed E-state index contributed by atoms with van der Waals surface area (Å²) in [6.07, 6.45) is 21.9. The summed E-state index contributed by atoms with van der Waals surface area (Å²) in [7, 11) is 0. The predicted molar refractivity (Wildman–Crippen MR) is 84.3 cm³/mol. The van der Waals surface area contributed by atoms with E-state index in [9.17, 15) is 5.11 Å². The van der Waals surface area contributed by atoms with Crippen LogP contribution in [-0.2, 0) is 0 Å². The van der Waals surface area contributed by atoms with Crippen molar-refractivity contribution in [1.82, 2.24) is 0 Å². The van der Waals surface area contributed by atoms with Crippen molar-refractivity contribution in [3.8, 4) is 0 Å². The van der Waals surface area contributed by atoms with Gasteiger partial charge in [-0.1, -0.05) is 55.0 Å². The summed E-state index contributed by atoms with van der Waals surface area (Å²) in [6.45, 7) is 2.75. The number of aliphatic hydroxyl groups excluding tert-OH is 1. The van der Waals surface area contributed by atoms with E-state index in [0.29, 0.717) is 18.4 Å². The Balaban J connectivity index is 1.88. The van der Waals surface area contributed by atoms with Crippen LogP contribution in [0.5, 0.6) is 0 Å². The van der Waals surface area contributed by atoms with E-state index in [1.54, 1.807) is 5.57 Å². The zero-order valence-corrected chi connectivity index (χ0v) is 12.5. The molecule has 0 radical (unpaired) electrons. The topological polar surface area (TPSA) is 20.2 Å². The van der Waals surface area contributed by atoms with E-state index >= 15 is 0 Å². The molecule has 3 rings (SSSR count). The first kappa shape index (κ1) is 13.9. The van der Waals surface area contributed by atoms with Gasteiger partial charge in [0.2, 0.25) is 0 Å². The molecule has 3 unspecified atom stereocenters. The zero-order valence-electron chi connectivity index (χ0n) is 12.5. The van der Waals surface area contributed by atoms with Crippen LogP contribution < -0.4 is 0 Å². The van der Waals surface area contributed by atoms with Crippen molar-refractivity contribution < 1.29 is 5.11 Å². The smallest absolute Gasteiger partial charge is 0.0431 e. The number of hydrogen-bond acceptors (Lipinski definition) is 1. The van der Waals surface area contributed by atoms with E-state index in [-0.39, 0.29) is 5.41 Å². The summed E-state index contributed by atoms with van der Waals surface area (Å²) in [4.78, 5) is 0. The maximum absolute atomic E-state index is 9.29. The third kappa shape index (κ3) is 2.33. The van der Waals surface area contributed by atoms with E-state index in [0.717, 1.165) is 18.8 Å². The third-order valence-corrected chi connectivity index (χ3v) is 5.70. The Morgan fingerprint density at radius 1 is 1.20 bits per heavy atom. The normalized spacial score (nSPS) is 31.4.